The van der Waals surface area contributed by atoms with Crippen molar-refractivity contribution in [3.8, 4) is 11.5 Å². The Labute approximate surface area is 132 Å². The standard InChI is InChI=1S/C16H15ClO5/c17-11-7-10(8-14-16(11)21-9-20-14)5-6-15(19)22-13-4-2-1-3-12(13)18/h5-8,13H,1-4,9H2/b6-5+/t13-/m0/s1. The number of Topliss-reactive ketones (excluding diaryl/α,β-unsaturated/α-hetero) is 1. The molecule has 0 radical (unpaired) electrons. The van der Waals surface area contributed by atoms with E-state index in [1.165, 1.54) is 6.08 Å². The van der Waals surface area contributed by atoms with Gasteiger partial charge in [-0.2, -0.15) is 0 Å². The molecule has 5 nitrogen and oxygen atoms in total. The first kappa shape index (κ1) is 14.9. The van der Waals surface area contributed by atoms with E-state index in [1.807, 2.05) is 0 Å². The number of carbonyl (C=O) groups is 2. The number of ether oxygens (including phenoxy) is 3. The van der Waals surface area contributed by atoms with Gasteiger partial charge in [-0.05, 0) is 43.0 Å². The molecule has 0 amide bonds. The Morgan fingerprint density at radius 1 is 1.32 bits per heavy atom. The second kappa shape index (κ2) is 6.40. The van der Waals surface area contributed by atoms with Crippen molar-refractivity contribution < 1.29 is 23.8 Å². The van der Waals surface area contributed by atoms with E-state index in [2.05, 4.69) is 0 Å². The monoisotopic (exact) mass is 322 g/mol. The Hall–Kier alpha value is -2.01. The van der Waals surface area contributed by atoms with E-state index in [-0.39, 0.29) is 12.6 Å². The van der Waals surface area contributed by atoms with E-state index in [1.54, 1.807) is 18.2 Å². The number of benzene rings is 1. The van der Waals surface area contributed by atoms with Gasteiger partial charge in [-0.25, -0.2) is 4.79 Å². The van der Waals surface area contributed by atoms with Crippen LogP contribution in [0.3, 0.4) is 0 Å². The van der Waals surface area contributed by atoms with Gasteiger partial charge in [0.25, 0.3) is 0 Å². The van der Waals surface area contributed by atoms with Crippen LogP contribution in [0.2, 0.25) is 5.02 Å². The normalized spacial score (nSPS) is 20.4. The molecule has 1 fully saturated rings. The summed E-state index contributed by atoms with van der Waals surface area (Å²) in [5.41, 5.74) is 0.696. The number of rotatable bonds is 3. The van der Waals surface area contributed by atoms with Crippen LogP contribution in [0, 0.1) is 0 Å². The summed E-state index contributed by atoms with van der Waals surface area (Å²) in [7, 11) is 0. The molecule has 1 heterocycles. The van der Waals surface area contributed by atoms with Gasteiger partial charge in [0.05, 0.1) is 5.02 Å². The Bertz CT molecular complexity index is 638. The second-order valence-electron chi connectivity index (χ2n) is 5.21. The van der Waals surface area contributed by atoms with Crippen LogP contribution < -0.4 is 9.47 Å². The topological polar surface area (TPSA) is 61.8 Å². The van der Waals surface area contributed by atoms with Crippen LogP contribution in [-0.2, 0) is 14.3 Å². The summed E-state index contributed by atoms with van der Waals surface area (Å²) in [5, 5.41) is 0.422. The Balaban J connectivity index is 1.65. The lowest BCUT2D eigenvalue weighted by atomic mass is 9.96. The second-order valence-corrected chi connectivity index (χ2v) is 5.61. The molecule has 0 saturated heterocycles. The average molecular weight is 323 g/mol. The van der Waals surface area contributed by atoms with E-state index in [9.17, 15) is 9.59 Å². The maximum absolute atomic E-state index is 11.8. The zero-order chi connectivity index (χ0) is 15.5. The quantitative estimate of drug-likeness (QED) is 0.632. The van der Waals surface area contributed by atoms with Crippen molar-refractivity contribution in [1.82, 2.24) is 0 Å². The highest BCUT2D eigenvalue weighted by atomic mass is 35.5. The maximum atomic E-state index is 11.8. The van der Waals surface area contributed by atoms with Gasteiger partial charge in [-0.1, -0.05) is 11.6 Å². The first-order chi connectivity index (χ1) is 10.6. The van der Waals surface area contributed by atoms with E-state index in [4.69, 9.17) is 25.8 Å². The van der Waals surface area contributed by atoms with Gasteiger partial charge < -0.3 is 14.2 Å². The Kier molecular flexibility index (Phi) is 4.34. The highest BCUT2D eigenvalue weighted by molar-refractivity contribution is 6.32. The Morgan fingerprint density at radius 3 is 3.00 bits per heavy atom. The molecule has 1 aromatic rings. The molecule has 116 valence electrons. The van der Waals surface area contributed by atoms with Gasteiger partial charge in [0.15, 0.2) is 23.4 Å². The molecule has 1 aliphatic heterocycles. The number of hydrogen-bond donors (Lipinski definition) is 0. The molecule has 0 aromatic heterocycles. The number of esters is 1. The molecule has 0 N–H and O–H groups in total. The van der Waals surface area contributed by atoms with Crippen molar-refractivity contribution in [3.63, 3.8) is 0 Å². The predicted octanol–water partition coefficient (Wildman–Crippen LogP) is 3.14. The lowest BCUT2D eigenvalue weighted by molar-refractivity contribution is -0.152. The van der Waals surface area contributed by atoms with Crippen molar-refractivity contribution in [2.24, 2.45) is 0 Å². The molecule has 1 aliphatic carbocycles. The fourth-order valence-corrected chi connectivity index (χ4v) is 2.78. The van der Waals surface area contributed by atoms with Crippen molar-refractivity contribution in [2.45, 2.75) is 31.8 Å². The molecule has 1 atom stereocenters. The summed E-state index contributed by atoms with van der Waals surface area (Å²) in [6.07, 6.45) is 5.13. The minimum Gasteiger partial charge on any atom is -0.454 e. The average Bonchev–Trinajstić information content (AvgIpc) is 2.97. The van der Waals surface area contributed by atoms with E-state index >= 15 is 0 Å². The zero-order valence-electron chi connectivity index (χ0n) is 11.8. The minimum atomic E-state index is -0.605. The summed E-state index contributed by atoms with van der Waals surface area (Å²) < 4.78 is 15.7. The molecule has 3 rings (SSSR count). The van der Waals surface area contributed by atoms with Gasteiger partial charge in [0.1, 0.15) is 0 Å². The summed E-state index contributed by atoms with van der Waals surface area (Å²) in [4.78, 5) is 23.4. The predicted molar refractivity (Wildman–Crippen MR) is 80.0 cm³/mol. The van der Waals surface area contributed by atoms with Gasteiger partial charge in [0.2, 0.25) is 6.79 Å². The number of hydrogen-bond acceptors (Lipinski definition) is 5. The summed E-state index contributed by atoms with van der Waals surface area (Å²) in [6.45, 7) is 0.133. The SMILES string of the molecule is O=C(/C=C/c1cc(Cl)c2c(c1)OCO2)O[C@H]1CCCCC1=O. The molecule has 22 heavy (non-hydrogen) atoms. The largest absolute Gasteiger partial charge is 0.454 e. The third-order valence-corrected chi connectivity index (χ3v) is 3.90. The Morgan fingerprint density at radius 2 is 2.18 bits per heavy atom. The third kappa shape index (κ3) is 3.25. The van der Waals surface area contributed by atoms with E-state index < -0.39 is 12.1 Å². The third-order valence-electron chi connectivity index (χ3n) is 3.62. The van der Waals surface area contributed by atoms with Gasteiger partial charge >= 0.3 is 5.97 Å². The fourth-order valence-electron chi connectivity index (χ4n) is 2.50. The molecule has 0 spiro atoms. The molecule has 1 aromatic carbocycles. The lowest BCUT2D eigenvalue weighted by Gasteiger charge is -2.19. The fraction of sp³-hybridized carbons (Fsp3) is 0.375. The molecule has 6 heteroatoms. The first-order valence-corrected chi connectivity index (χ1v) is 7.52. The zero-order valence-corrected chi connectivity index (χ0v) is 12.6. The molecular weight excluding hydrogens is 308 g/mol. The number of carbonyl (C=O) groups excluding carboxylic acids is 2. The summed E-state index contributed by atoms with van der Waals surface area (Å²) in [6, 6.07) is 3.40. The van der Waals surface area contributed by atoms with Gasteiger partial charge in [-0.3, -0.25) is 4.79 Å². The van der Waals surface area contributed by atoms with Gasteiger partial charge in [-0.15, -0.1) is 0 Å². The lowest BCUT2D eigenvalue weighted by Crippen LogP contribution is -2.29. The summed E-state index contributed by atoms with van der Waals surface area (Å²) in [5.74, 6) is 0.519. The number of ketones is 1. The van der Waals surface area contributed by atoms with Gasteiger partial charge in [0, 0.05) is 12.5 Å². The van der Waals surface area contributed by atoms with Crippen molar-refractivity contribution in [1.29, 1.82) is 0 Å². The van der Waals surface area contributed by atoms with E-state index in [0.717, 1.165) is 12.8 Å². The summed E-state index contributed by atoms with van der Waals surface area (Å²) >= 11 is 6.07. The van der Waals surface area contributed by atoms with Crippen molar-refractivity contribution in [2.75, 3.05) is 6.79 Å². The minimum absolute atomic E-state index is 0.000811. The van der Waals surface area contributed by atoms with Crippen LogP contribution in [0.4, 0.5) is 0 Å². The highest BCUT2D eigenvalue weighted by Gasteiger charge is 2.25. The number of halogens is 1. The molecule has 0 unspecified atom stereocenters. The van der Waals surface area contributed by atoms with Crippen LogP contribution in [0.25, 0.3) is 6.08 Å². The van der Waals surface area contributed by atoms with Crippen LogP contribution >= 0.6 is 11.6 Å². The maximum Gasteiger partial charge on any atom is 0.331 e. The molecule has 0 bridgehead atoms. The van der Waals surface area contributed by atoms with Crippen molar-refractivity contribution in [3.05, 3.63) is 28.8 Å². The van der Waals surface area contributed by atoms with Crippen molar-refractivity contribution >= 4 is 29.4 Å². The molecule has 2 aliphatic rings. The highest BCUT2D eigenvalue weighted by Crippen LogP contribution is 2.40. The molecule has 1 saturated carbocycles. The molecular formula is C16H15ClO5. The van der Waals surface area contributed by atoms with Crippen LogP contribution in [0.1, 0.15) is 31.2 Å². The van der Waals surface area contributed by atoms with Crippen LogP contribution in [0.5, 0.6) is 11.5 Å². The number of fused-ring (bicyclic) bond motifs is 1. The van der Waals surface area contributed by atoms with E-state index in [0.29, 0.717) is 34.9 Å². The first-order valence-electron chi connectivity index (χ1n) is 7.14. The van der Waals surface area contributed by atoms with Crippen LogP contribution in [0.15, 0.2) is 18.2 Å². The van der Waals surface area contributed by atoms with Crippen LogP contribution in [-0.4, -0.2) is 24.6 Å². The smallest absolute Gasteiger partial charge is 0.331 e.